The first-order valence-electron chi connectivity index (χ1n) is 12.3. The Morgan fingerprint density at radius 3 is 2.50 bits per heavy atom. The number of aryl methyl sites for hydroxylation is 1. The van der Waals surface area contributed by atoms with Crippen molar-refractivity contribution < 1.29 is 19.4 Å². The average molecular weight is 459 g/mol. The Labute approximate surface area is 199 Å². The summed E-state index contributed by atoms with van der Waals surface area (Å²) in [5.41, 5.74) is 5.17. The van der Waals surface area contributed by atoms with Crippen molar-refractivity contribution in [3.63, 3.8) is 0 Å². The van der Waals surface area contributed by atoms with Gasteiger partial charge in [-0.25, -0.2) is 4.79 Å². The van der Waals surface area contributed by atoms with E-state index in [0.29, 0.717) is 23.5 Å². The van der Waals surface area contributed by atoms with E-state index >= 15 is 0 Å². The first-order chi connectivity index (χ1) is 16.4. The highest BCUT2D eigenvalue weighted by Crippen LogP contribution is 2.65. The van der Waals surface area contributed by atoms with E-state index in [0.717, 1.165) is 60.9 Å². The second-order valence-corrected chi connectivity index (χ2v) is 10.2. The van der Waals surface area contributed by atoms with Crippen LogP contribution in [0, 0.1) is 5.41 Å². The SMILES string of the molecule is Cn1c(-c2ccc(C3CC34CCN(C(=O)[C@H]3CCCO3)CC4)cc2)cc2ccc(C(=O)O)cc21. The fourth-order valence-electron chi connectivity index (χ4n) is 6.15. The Hall–Kier alpha value is -3.12. The Bertz CT molecular complexity index is 1260. The fourth-order valence-corrected chi connectivity index (χ4v) is 6.15. The summed E-state index contributed by atoms with van der Waals surface area (Å²) in [4.78, 5) is 26.0. The largest absolute Gasteiger partial charge is 0.478 e. The van der Waals surface area contributed by atoms with E-state index in [2.05, 4.69) is 34.9 Å². The van der Waals surface area contributed by atoms with Crippen LogP contribution in [0.3, 0.4) is 0 Å². The van der Waals surface area contributed by atoms with Crippen molar-refractivity contribution in [3.05, 3.63) is 59.7 Å². The number of aromatic carboxylic acids is 1. The number of fused-ring (bicyclic) bond motifs is 1. The van der Waals surface area contributed by atoms with Crippen LogP contribution < -0.4 is 0 Å². The summed E-state index contributed by atoms with van der Waals surface area (Å²) in [6.45, 7) is 2.41. The highest BCUT2D eigenvalue weighted by molar-refractivity contribution is 5.95. The zero-order valence-corrected chi connectivity index (χ0v) is 19.5. The van der Waals surface area contributed by atoms with E-state index in [9.17, 15) is 14.7 Å². The summed E-state index contributed by atoms with van der Waals surface area (Å²) in [6.07, 6.45) is 5.02. The van der Waals surface area contributed by atoms with Gasteiger partial charge in [-0.1, -0.05) is 30.3 Å². The maximum absolute atomic E-state index is 12.7. The van der Waals surface area contributed by atoms with E-state index in [1.54, 1.807) is 12.1 Å². The smallest absolute Gasteiger partial charge is 0.335 e. The summed E-state index contributed by atoms with van der Waals surface area (Å²) in [6, 6.07) is 16.3. The summed E-state index contributed by atoms with van der Waals surface area (Å²) in [5, 5.41) is 10.3. The van der Waals surface area contributed by atoms with Crippen molar-refractivity contribution in [2.75, 3.05) is 19.7 Å². The summed E-state index contributed by atoms with van der Waals surface area (Å²) in [7, 11) is 1.98. The van der Waals surface area contributed by atoms with Crippen LogP contribution in [0.1, 0.15) is 53.9 Å². The minimum absolute atomic E-state index is 0.194. The van der Waals surface area contributed by atoms with Crippen molar-refractivity contribution in [1.29, 1.82) is 0 Å². The van der Waals surface area contributed by atoms with Crippen molar-refractivity contribution in [3.8, 4) is 11.3 Å². The lowest BCUT2D eigenvalue weighted by molar-refractivity contribution is -0.142. The molecule has 3 heterocycles. The molecule has 1 N–H and O–H groups in total. The van der Waals surface area contributed by atoms with Gasteiger partial charge in [-0.05, 0) is 72.8 Å². The van der Waals surface area contributed by atoms with Crippen LogP contribution in [0.25, 0.3) is 22.2 Å². The predicted molar refractivity (Wildman–Crippen MR) is 130 cm³/mol. The van der Waals surface area contributed by atoms with Gasteiger partial charge in [0.1, 0.15) is 6.10 Å². The first-order valence-corrected chi connectivity index (χ1v) is 12.3. The van der Waals surface area contributed by atoms with Gasteiger partial charge in [0.05, 0.1) is 5.56 Å². The van der Waals surface area contributed by atoms with Crippen molar-refractivity contribution >= 4 is 22.8 Å². The number of benzene rings is 2. The molecule has 1 aromatic heterocycles. The van der Waals surface area contributed by atoms with Crippen LogP contribution in [0.2, 0.25) is 0 Å². The van der Waals surface area contributed by atoms with Gasteiger partial charge in [-0.2, -0.15) is 0 Å². The number of carboxylic acid groups (broad SMARTS) is 1. The molecule has 3 aliphatic rings. The molecule has 1 unspecified atom stereocenters. The highest BCUT2D eigenvalue weighted by Gasteiger charge is 2.55. The molecule has 1 amide bonds. The van der Waals surface area contributed by atoms with Crippen LogP contribution in [-0.4, -0.2) is 52.3 Å². The maximum atomic E-state index is 12.7. The number of aromatic nitrogens is 1. The second kappa shape index (κ2) is 7.98. The molecule has 0 radical (unpaired) electrons. The van der Waals surface area contributed by atoms with Crippen molar-refractivity contribution in [2.24, 2.45) is 12.5 Å². The van der Waals surface area contributed by atoms with Crippen molar-refractivity contribution in [2.45, 2.75) is 44.1 Å². The molecule has 1 aliphatic carbocycles. The zero-order valence-electron chi connectivity index (χ0n) is 19.5. The number of piperidine rings is 1. The van der Waals surface area contributed by atoms with E-state index in [-0.39, 0.29) is 12.0 Å². The molecule has 1 saturated carbocycles. The third-order valence-electron chi connectivity index (χ3n) is 8.37. The number of hydrogen-bond donors (Lipinski definition) is 1. The van der Waals surface area contributed by atoms with E-state index in [4.69, 9.17) is 4.74 Å². The Kier molecular flexibility index (Phi) is 5.03. The lowest BCUT2D eigenvalue weighted by Crippen LogP contribution is -2.44. The number of ether oxygens (including phenoxy) is 1. The monoisotopic (exact) mass is 458 g/mol. The molecule has 1 spiro atoms. The number of carboxylic acids is 1. The number of carbonyl (C=O) groups is 2. The van der Waals surface area contributed by atoms with Gasteiger partial charge in [0, 0.05) is 43.3 Å². The molecule has 3 aromatic rings. The standard InChI is InChI=1S/C28H30N2O4/c1-29-23(15-20-8-9-21(27(32)33)16-24(20)29)19-6-4-18(5-7-19)22-17-28(22)10-12-30(13-11-28)26(31)25-3-2-14-34-25/h4-9,15-16,22,25H,2-3,10-14,17H2,1H3,(H,32,33)/t22?,25-/m1/s1. The molecule has 0 bridgehead atoms. The number of carbonyl (C=O) groups excluding carboxylic acids is 1. The maximum Gasteiger partial charge on any atom is 0.335 e. The molecule has 2 aromatic carbocycles. The fraction of sp³-hybridized carbons (Fsp3) is 0.429. The van der Waals surface area contributed by atoms with Gasteiger partial charge >= 0.3 is 5.97 Å². The number of likely N-dealkylation sites (tertiary alicyclic amines) is 1. The van der Waals surface area contributed by atoms with E-state index < -0.39 is 5.97 Å². The normalized spacial score (nSPS) is 23.5. The minimum atomic E-state index is -0.908. The Morgan fingerprint density at radius 1 is 1.06 bits per heavy atom. The lowest BCUT2D eigenvalue weighted by atomic mass is 9.88. The number of rotatable bonds is 4. The first kappa shape index (κ1) is 21.4. The molecule has 2 saturated heterocycles. The molecule has 6 nitrogen and oxygen atoms in total. The molecule has 34 heavy (non-hydrogen) atoms. The van der Waals surface area contributed by atoms with Gasteiger partial charge in [0.25, 0.3) is 5.91 Å². The van der Waals surface area contributed by atoms with E-state index in [1.165, 1.54) is 12.0 Å². The quantitative estimate of drug-likeness (QED) is 0.609. The number of amides is 1. The molecule has 176 valence electrons. The lowest BCUT2D eigenvalue weighted by Gasteiger charge is -2.34. The second-order valence-electron chi connectivity index (χ2n) is 10.2. The molecule has 2 atom stereocenters. The van der Waals surface area contributed by atoms with Crippen LogP contribution in [0.5, 0.6) is 0 Å². The number of nitrogens with zero attached hydrogens (tertiary/aromatic N) is 2. The predicted octanol–water partition coefficient (Wildman–Crippen LogP) is 4.82. The topological polar surface area (TPSA) is 71.8 Å². The van der Waals surface area contributed by atoms with Gasteiger partial charge in [-0.3, -0.25) is 4.79 Å². The summed E-state index contributed by atoms with van der Waals surface area (Å²) < 4.78 is 7.66. The number of hydrogen-bond acceptors (Lipinski definition) is 3. The van der Waals surface area contributed by atoms with Gasteiger partial charge in [-0.15, -0.1) is 0 Å². The molecule has 6 heteroatoms. The van der Waals surface area contributed by atoms with Crippen LogP contribution in [0.15, 0.2) is 48.5 Å². The molecular formula is C28H30N2O4. The van der Waals surface area contributed by atoms with E-state index in [1.807, 2.05) is 18.0 Å². The third-order valence-corrected chi connectivity index (χ3v) is 8.37. The minimum Gasteiger partial charge on any atom is -0.478 e. The molecule has 2 aliphatic heterocycles. The zero-order chi connectivity index (χ0) is 23.4. The van der Waals surface area contributed by atoms with Gasteiger partial charge in [0.2, 0.25) is 0 Å². The molecule has 3 fully saturated rings. The molecule has 6 rings (SSSR count). The van der Waals surface area contributed by atoms with Crippen LogP contribution in [-0.2, 0) is 16.6 Å². The van der Waals surface area contributed by atoms with Gasteiger partial charge in [0.15, 0.2) is 0 Å². The van der Waals surface area contributed by atoms with Crippen LogP contribution in [0.4, 0.5) is 0 Å². The Morgan fingerprint density at radius 2 is 1.82 bits per heavy atom. The summed E-state index contributed by atoms with van der Waals surface area (Å²) >= 11 is 0. The Balaban J connectivity index is 1.15. The van der Waals surface area contributed by atoms with Crippen LogP contribution >= 0.6 is 0 Å². The summed E-state index contributed by atoms with van der Waals surface area (Å²) in [5.74, 6) is -0.138. The van der Waals surface area contributed by atoms with Gasteiger partial charge < -0.3 is 19.3 Å². The third kappa shape index (κ3) is 3.52. The highest BCUT2D eigenvalue weighted by atomic mass is 16.5. The van der Waals surface area contributed by atoms with Crippen molar-refractivity contribution in [1.82, 2.24) is 9.47 Å². The average Bonchev–Trinajstić information content (AvgIpc) is 3.18. The molecular weight excluding hydrogens is 428 g/mol.